The quantitative estimate of drug-likeness (QED) is 0.217. The zero-order valence-corrected chi connectivity index (χ0v) is 14.9. The number of carboxylic acids is 4. The van der Waals surface area contributed by atoms with E-state index < -0.39 is 35.2 Å². The fraction of sp³-hybridized carbons (Fsp3) is 0.500. The van der Waals surface area contributed by atoms with E-state index in [9.17, 15) is 0 Å². The number of rotatable bonds is 0. The van der Waals surface area contributed by atoms with E-state index in [4.69, 9.17) is 52.9 Å². The maximum atomic E-state index is 9.00. The molecule has 0 bridgehead atoms. The van der Waals surface area contributed by atoms with Gasteiger partial charge in [0.05, 0.1) is 11.4 Å². The Morgan fingerprint density at radius 2 is 0.714 bits per heavy atom. The van der Waals surface area contributed by atoms with Crippen LogP contribution in [0.5, 0.6) is 0 Å². The first-order chi connectivity index (χ1) is 8.66. The number of carbonyl (C=O) groups is 4. The first kappa shape index (κ1) is 36.8. The molecule has 0 fully saturated rings. The van der Waals surface area contributed by atoms with Crippen LogP contribution in [0.2, 0.25) is 0 Å². The van der Waals surface area contributed by atoms with Crippen molar-refractivity contribution in [2.45, 2.75) is 27.7 Å². The van der Waals surface area contributed by atoms with Crippen LogP contribution in [-0.4, -0.2) is 57.6 Å². The Morgan fingerprint density at radius 1 is 0.714 bits per heavy atom. The van der Waals surface area contributed by atoms with Crippen LogP contribution in [0.25, 0.3) is 0 Å². The largest absolute Gasteiger partial charge is 1.00 e. The van der Waals surface area contributed by atoms with E-state index >= 15 is 0 Å². The first-order valence-electron chi connectivity index (χ1n) is 4.23. The summed E-state index contributed by atoms with van der Waals surface area (Å²) < 4.78 is 24.1. The summed E-state index contributed by atoms with van der Waals surface area (Å²) >= 11 is -2.86. The molecule has 0 aromatic rings. The van der Waals surface area contributed by atoms with E-state index in [1.165, 1.54) is 0 Å². The minimum atomic E-state index is -2.86. The SMILES string of the molecule is CC(=O)O.CC(=O)O.CC(=O)O.CC(=O)O.O=S([O-])O.[Na+]. The maximum absolute atomic E-state index is 9.00. The van der Waals surface area contributed by atoms with Crippen LogP contribution in [0.1, 0.15) is 27.7 Å². The van der Waals surface area contributed by atoms with E-state index in [1.807, 2.05) is 0 Å². The summed E-state index contributed by atoms with van der Waals surface area (Å²) in [4.78, 5) is 36.0. The molecular formula is C8H17NaO11S. The van der Waals surface area contributed by atoms with Crippen LogP contribution < -0.4 is 29.6 Å². The van der Waals surface area contributed by atoms with Crippen molar-refractivity contribution < 1.29 is 82.5 Å². The maximum Gasteiger partial charge on any atom is 1.00 e. The first-order valence-corrected chi connectivity index (χ1v) is 5.26. The van der Waals surface area contributed by atoms with Crippen LogP contribution in [0.3, 0.4) is 0 Å². The van der Waals surface area contributed by atoms with Gasteiger partial charge in [-0.1, -0.05) is 0 Å². The van der Waals surface area contributed by atoms with Gasteiger partial charge < -0.3 is 29.5 Å². The molecule has 0 aliphatic carbocycles. The molecule has 0 aromatic heterocycles. The van der Waals surface area contributed by atoms with E-state index in [0.29, 0.717) is 0 Å². The molecule has 122 valence electrons. The summed E-state index contributed by atoms with van der Waals surface area (Å²) in [5.41, 5.74) is 0. The fourth-order valence-corrected chi connectivity index (χ4v) is 0. The third-order valence-electron chi connectivity index (χ3n) is 0. The standard InChI is InChI=1S/4C2H4O2.Na.H2O3S/c4*1-2(3)4;;1-4(2)3/h4*1H3,(H,3,4);;(H2,1,2,3)/q;;;;+1;/p-1. The van der Waals surface area contributed by atoms with E-state index in [1.54, 1.807) is 0 Å². The van der Waals surface area contributed by atoms with Crippen molar-refractivity contribution in [2.24, 2.45) is 0 Å². The molecule has 21 heavy (non-hydrogen) atoms. The van der Waals surface area contributed by atoms with Gasteiger partial charge in [-0.3, -0.25) is 19.2 Å². The van der Waals surface area contributed by atoms with E-state index in [2.05, 4.69) is 0 Å². The molecule has 0 amide bonds. The van der Waals surface area contributed by atoms with Crippen molar-refractivity contribution >= 4 is 35.2 Å². The van der Waals surface area contributed by atoms with E-state index in [-0.39, 0.29) is 29.6 Å². The molecule has 0 radical (unpaired) electrons. The van der Waals surface area contributed by atoms with Gasteiger partial charge in [0, 0.05) is 27.7 Å². The second kappa shape index (κ2) is 31.4. The van der Waals surface area contributed by atoms with Gasteiger partial charge in [0.25, 0.3) is 23.9 Å². The van der Waals surface area contributed by atoms with Gasteiger partial charge in [-0.15, -0.1) is 0 Å². The van der Waals surface area contributed by atoms with Crippen LogP contribution in [0.15, 0.2) is 0 Å². The molecule has 13 heteroatoms. The molecule has 0 rings (SSSR count). The second-order valence-electron chi connectivity index (χ2n) is 2.29. The Morgan fingerprint density at radius 3 is 0.714 bits per heavy atom. The van der Waals surface area contributed by atoms with E-state index in [0.717, 1.165) is 27.7 Å². The van der Waals surface area contributed by atoms with Gasteiger partial charge in [0.15, 0.2) is 0 Å². The molecule has 5 N–H and O–H groups in total. The summed E-state index contributed by atoms with van der Waals surface area (Å²) in [6.45, 7) is 4.33. The monoisotopic (exact) mass is 344 g/mol. The third kappa shape index (κ3) is 4940. The summed E-state index contributed by atoms with van der Waals surface area (Å²) in [6, 6.07) is 0. The number of hydrogen-bond acceptors (Lipinski definition) is 6. The van der Waals surface area contributed by atoms with Crippen molar-refractivity contribution in [2.75, 3.05) is 0 Å². The average molecular weight is 344 g/mol. The molecule has 0 aliphatic rings. The molecule has 1 atom stereocenters. The summed E-state index contributed by atoms with van der Waals surface area (Å²) in [6.07, 6.45) is 0. The molecule has 0 heterocycles. The summed E-state index contributed by atoms with van der Waals surface area (Å²) in [5.74, 6) is -3.33. The van der Waals surface area contributed by atoms with Crippen molar-refractivity contribution in [3.63, 3.8) is 0 Å². The van der Waals surface area contributed by atoms with Gasteiger partial charge >= 0.3 is 29.6 Å². The molecule has 11 nitrogen and oxygen atoms in total. The molecule has 1 unspecified atom stereocenters. The Kier molecular flexibility index (Phi) is 55.0. The molecule has 0 spiro atoms. The predicted octanol–water partition coefficient (Wildman–Crippen LogP) is -3.29. The minimum absolute atomic E-state index is 0. The van der Waals surface area contributed by atoms with Gasteiger partial charge in [0.2, 0.25) is 0 Å². The average Bonchev–Trinajstić information content (AvgIpc) is 1.94. The summed E-state index contributed by atoms with van der Waals surface area (Å²) in [5, 5.41) is 29.7. The second-order valence-corrected chi connectivity index (χ2v) is 2.73. The minimum Gasteiger partial charge on any atom is -0.750 e. The summed E-state index contributed by atoms with van der Waals surface area (Å²) in [7, 11) is 0. The van der Waals surface area contributed by atoms with Crippen LogP contribution in [-0.2, 0) is 30.5 Å². The Bertz CT molecular complexity index is 215. The fourth-order valence-electron chi connectivity index (χ4n) is 0. The molecule has 0 saturated carbocycles. The van der Waals surface area contributed by atoms with Gasteiger partial charge in [0.1, 0.15) is 0 Å². The Hall–Kier alpha value is -1.05. The van der Waals surface area contributed by atoms with Crippen LogP contribution >= 0.6 is 0 Å². The van der Waals surface area contributed by atoms with Gasteiger partial charge in [-0.25, -0.2) is 4.21 Å². The number of aliphatic carboxylic acids is 4. The zero-order chi connectivity index (χ0) is 17.9. The van der Waals surface area contributed by atoms with Gasteiger partial charge in [-0.2, -0.15) is 0 Å². The van der Waals surface area contributed by atoms with Crippen LogP contribution in [0.4, 0.5) is 0 Å². The normalized spacial score (nSPS) is 7.71. The van der Waals surface area contributed by atoms with Crippen molar-refractivity contribution in [3.8, 4) is 0 Å². The third-order valence-corrected chi connectivity index (χ3v) is 0. The topological polar surface area (TPSA) is 210 Å². The molecule has 0 aromatic carbocycles. The Balaban J connectivity index is -0.0000000331. The number of hydrogen-bond donors (Lipinski definition) is 5. The van der Waals surface area contributed by atoms with Crippen molar-refractivity contribution in [3.05, 3.63) is 0 Å². The molecule has 0 aliphatic heterocycles. The zero-order valence-electron chi connectivity index (χ0n) is 12.1. The Labute approximate surface area is 145 Å². The molecule has 0 saturated heterocycles. The molecular weight excluding hydrogens is 327 g/mol. The van der Waals surface area contributed by atoms with Crippen molar-refractivity contribution in [1.82, 2.24) is 0 Å². The number of carboxylic acid groups (broad SMARTS) is 4. The predicted molar refractivity (Wildman–Crippen MR) is 64.8 cm³/mol. The smallest absolute Gasteiger partial charge is 0.750 e. The van der Waals surface area contributed by atoms with Crippen LogP contribution in [0, 0.1) is 0 Å². The van der Waals surface area contributed by atoms with Gasteiger partial charge in [-0.05, 0) is 0 Å². The van der Waals surface area contributed by atoms with Crippen molar-refractivity contribution in [1.29, 1.82) is 0 Å².